The largest absolute Gasteiger partial charge is 0.183 e. The number of hydrogen-bond acceptors (Lipinski definition) is 1. The van der Waals surface area contributed by atoms with Crippen molar-refractivity contribution in [3.8, 4) is 41.6 Å². The zero-order valence-electron chi connectivity index (χ0n) is 7.45. The van der Waals surface area contributed by atoms with Crippen molar-refractivity contribution in [2.24, 2.45) is 0 Å². The molecule has 0 aliphatic carbocycles. The molecule has 1 nitrogen and oxygen atoms in total. The van der Waals surface area contributed by atoms with Gasteiger partial charge in [0.15, 0.2) is 6.07 Å². The molecule has 0 fully saturated rings. The lowest BCUT2D eigenvalue weighted by Gasteiger charge is -1.51. The molecule has 0 aromatic heterocycles. The molecule has 0 saturated carbocycles. The lowest BCUT2D eigenvalue weighted by molar-refractivity contribution is 1.55. The molecule has 0 heterocycles. The molecule has 9 heavy (non-hydrogen) atoms. The third-order valence-electron chi connectivity index (χ3n) is 0.368. The van der Waals surface area contributed by atoms with Gasteiger partial charge in [0.1, 0.15) is 0 Å². The maximum absolute atomic E-state index is 7.93. The zero-order chi connectivity index (χ0) is 9.45. The van der Waals surface area contributed by atoms with Crippen LogP contribution in [0.15, 0.2) is 0 Å². The van der Waals surface area contributed by atoms with Crippen LogP contribution >= 0.6 is 0 Å². The Kier molecular flexibility index (Phi) is 2.23. The second kappa shape index (κ2) is 6.17. The number of rotatable bonds is 0. The maximum atomic E-state index is 7.93. The Hall–Kier alpha value is -1.83. The van der Waals surface area contributed by atoms with Gasteiger partial charge >= 0.3 is 0 Å². The van der Waals surface area contributed by atoms with Crippen LogP contribution < -0.4 is 0 Å². The lowest BCUT2D eigenvalue weighted by Crippen LogP contribution is -1.50. The first-order valence-electron chi connectivity index (χ1n) is 3.47. The van der Waals surface area contributed by atoms with Crippen molar-refractivity contribution in [1.82, 2.24) is 0 Å². The molecular formula is C8H3N. The van der Waals surface area contributed by atoms with E-state index in [-0.39, 0.29) is 0 Å². The van der Waals surface area contributed by atoms with E-state index in [2.05, 4.69) is 23.7 Å². The topological polar surface area (TPSA) is 23.8 Å². The summed E-state index contributed by atoms with van der Waals surface area (Å²) in [6, 6.07) is 1.55. The van der Waals surface area contributed by atoms with E-state index in [0.717, 1.165) is 0 Å². The van der Waals surface area contributed by atoms with Gasteiger partial charge < -0.3 is 0 Å². The highest BCUT2D eigenvalue weighted by Gasteiger charge is 1.52. The van der Waals surface area contributed by atoms with Crippen LogP contribution in [0.3, 0.4) is 0 Å². The smallest absolute Gasteiger partial charge is 0.153 e. The molecule has 1 heteroatoms. The van der Waals surface area contributed by atoms with E-state index < -0.39 is 6.85 Å². The highest BCUT2D eigenvalue weighted by Crippen LogP contribution is 1.52. The SMILES string of the molecule is [2H]C([3H])([3H])C#CC#CC#CC#N. The fourth-order valence-corrected chi connectivity index (χ4v) is 0.153. The van der Waals surface area contributed by atoms with Gasteiger partial charge in [-0.05, 0) is 18.7 Å². The fourth-order valence-electron chi connectivity index (χ4n) is 0.153. The average molecular weight is 118 g/mol. The molecule has 0 bridgehead atoms. The third kappa shape index (κ3) is 6.17. The van der Waals surface area contributed by atoms with E-state index >= 15 is 0 Å². The van der Waals surface area contributed by atoms with Gasteiger partial charge in [0.05, 0.1) is 0 Å². The van der Waals surface area contributed by atoms with Crippen LogP contribution in [-0.2, 0) is 0 Å². The summed E-state index contributed by atoms with van der Waals surface area (Å²) >= 11 is 0. The summed E-state index contributed by atoms with van der Waals surface area (Å²) in [7, 11) is 0. The molecule has 0 aliphatic heterocycles. The van der Waals surface area contributed by atoms with Crippen LogP contribution in [0.4, 0.5) is 0 Å². The molecule has 0 spiro atoms. The van der Waals surface area contributed by atoms with Gasteiger partial charge in [0, 0.05) is 21.9 Å². The Labute approximate surface area is 58.9 Å². The second-order valence-electron chi connectivity index (χ2n) is 0.862. The van der Waals surface area contributed by atoms with Crippen LogP contribution in [0.25, 0.3) is 0 Å². The Morgan fingerprint density at radius 3 is 2.67 bits per heavy atom. The Morgan fingerprint density at radius 1 is 1.33 bits per heavy atom. The van der Waals surface area contributed by atoms with Crippen LogP contribution in [0.5, 0.6) is 0 Å². The first-order valence-corrected chi connectivity index (χ1v) is 1.97. The summed E-state index contributed by atoms with van der Waals surface area (Å²) in [6.45, 7) is -2.28. The summed E-state index contributed by atoms with van der Waals surface area (Å²) in [6.07, 6.45) is 0. The summed E-state index contributed by atoms with van der Waals surface area (Å²) < 4.78 is 20.0. The van der Waals surface area contributed by atoms with E-state index in [0.29, 0.717) is 0 Å². The minimum absolute atomic E-state index is 1.55. The Morgan fingerprint density at radius 2 is 2.00 bits per heavy atom. The third-order valence-corrected chi connectivity index (χ3v) is 0.368. The van der Waals surface area contributed by atoms with Crippen LogP contribution in [-0.4, -0.2) is 0 Å². The first-order chi connectivity index (χ1) is 5.56. The molecule has 0 unspecified atom stereocenters. The quantitative estimate of drug-likeness (QED) is 0.426. The first kappa shape index (κ1) is 3.25. The van der Waals surface area contributed by atoms with Gasteiger partial charge in [-0.25, -0.2) is 0 Å². The Bertz CT molecular complexity index is 365. The van der Waals surface area contributed by atoms with E-state index in [9.17, 15) is 0 Å². The van der Waals surface area contributed by atoms with E-state index in [1.54, 1.807) is 6.07 Å². The zero-order valence-corrected chi connectivity index (χ0v) is 4.45. The van der Waals surface area contributed by atoms with E-state index in [1.165, 1.54) is 0 Å². The van der Waals surface area contributed by atoms with E-state index in [4.69, 9.17) is 9.37 Å². The summed E-state index contributed by atoms with van der Waals surface area (Å²) in [5, 5.41) is 7.93. The van der Waals surface area contributed by atoms with Crippen molar-refractivity contribution in [3.63, 3.8) is 0 Å². The van der Waals surface area contributed by atoms with Gasteiger partial charge in [-0.2, -0.15) is 5.26 Å². The van der Waals surface area contributed by atoms with Gasteiger partial charge in [0.2, 0.25) is 0 Å². The Balaban J connectivity index is 4.19. The summed E-state index contributed by atoms with van der Waals surface area (Å²) in [5.41, 5.74) is 0. The lowest BCUT2D eigenvalue weighted by atomic mass is 10.5. The molecule has 0 aliphatic rings. The minimum atomic E-state index is -2.28. The van der Waals surface area contributed by atoms with E-state index in [1.807, 2.05) is 11.8 Å². The molecule has 0 aromatic rings. The molecule has 0 atom stereocenters. The molecule has 0 saturated heterocycles. The molecule has 0 radical (unpaired) electrons. The number of nitriles is 1. The van der Waals surface area contributed by atoms with Crippen molar-refractivity contribution in [2.45, 2.75) is 6.85 Å². The molecule has 0 rings (SSSR count). The average Bonchev–Trinajstić information content (AvgIpc) is 1.94. The second-order valence-corrected chi connectivity index (χ2v) is 0.862. The monoisotopic (exact) mass is 118 g/mol. The van der Waals surface area contributed by atoms with Gasteiger partial charge in [-0.1, -0.05) is 5.92 Å². The molecule has 0 amide bonds. The van der Waals surface area contributed by atoms with Gasteiger partial charge in [-0.3, -0.25) is 0 Å². The minimum Gasteiger partial charge on any atom is -0.183 e. The van der Waals surface area contributed by atoms with Gasteiger partial charge in [0.25, 0.3) is 0 Å². The molecule has 0 N–H and O–H groups in total. The maximum Gasteiger partial charge on any atom is 0.153 e. The van der Waals surface area contributed by atoms with Crippen LogP contribution in [0, 0.1) is 46.9 Å². The fraction of sp³-hybridized carbons (Fsp3) is 0.125. The summed E-state index contributed by atoms with van der Waals surface area (Å²) in [4.78, 5) is 0. The molecule has 0 aromatic carbocycles. The standard InChI is InChI=1S/C8H3N/c1-2-3-4-5-6-7-8-9/h1H3/i1T2D. The van der Waals surface area contributed by atoms with Crippen molar-refractivity contribution in [1.29, 1.82) is 5.26 Å². The highest BCUT2D eigenvalue weighted by atomic mass is 14.2. The van der Waals surface area contributed by atoms with Gasteiger partial charge in [-0.15, -0.1) is 0 Å². The van der Waals surface area contributed by atoms with Crippen LogP contribution in [0.2, 0.25) is 0 Å². The number of nitrogens with zero attached hydrogens (tertiary/aromatic N) is 1. The van der Waals surface area contributed by atoms with Crippen molar-refractivity contribution < 1.29 is 4.11 Å². The van der Waals surface area contributed by atoms with Crippen LogP contribution in [0.1, 0.15) is 11.0 Å². The summed E-state index contributed by atoms with van der Waals surface area (Å²) in [5.74, 6) is 12.6. The highest BCUT2D eigenvalue weighted by molar-refractivity contribution is 5.37. The predicted octanol–water partition coefficient (Wildman–Crippen LogP) is 0.540. The number of hydrogen-bond donors (Lipinski definition) is 0. The van der Waals surface area contributed by atoms with Crippen molar-refractivity contribution >= 4 is 0 Å². The predicted molar refractivity (Wildman–Crippen MR) is 34.6 cm³/mol. The molecule has 40 valence electrons. The van der Waals surface area contributed by atoms with Crippen molar-refractivity contribution in [3.05, 3.63) is 0 Å². The normalized spacial score (nSPS) is 9.89. The van der Waals surface area contributed by atoms with Crippen molar-refractivity contribution in [2.75, 3.05) is 0 Å². The molecular weight excluding hydrogens is 110 g/mol.